The highest BCUT2D eigenvalue weighted by atomic mass is 16.5. The zero-order valence-electron chi connectivity index (χ0n) is 14.5. The molecule has 4 nitrogen and oxygen atoms in total. The Labute approximate surface area is 135 Å². The third kappa shape index (κ3) is 7.12. The lowest BCUT2D eigenvalue weighted by molar-refractivity contribution is -0.132. The standard InChI is InChI=1S/C18H32N2O2/c1-4-5-6-7-8-12-18(21)20(14-10-15-22-3)16-17-11-9-13-19(17)2/h9,11,13H,4-8,10,12,14-16H2,1-3H3. The van der Waals surface area contributed by atoms with Crippen LogP contribution in [0.25, 0.3) is 0 Å². The summed E-state index contributed by atoms with van der Waals surface area (Å²) in [5.74, 6) is 0.272. The Morgan fingerprint density at radius 3 is 2.64 bits per heavy atom. The largest absolute Gasteiger partial charge is 0.385 e. The molecule has 4 heteroatoms. The normalized spacial score (nSPS) is 10.9. The van der Waals surface area contributed by atoms with E-state index in [4.69, 9.17) is 4.74 Å². The number of rotatable bonds is 12. The highest BCUT2D eigenvalue weighted by Crippen LogP contribution is 2.11. The number of methoxy groups -OCH3 is 1. The Morgan fingerprint density at radius 1 is 1.23 bits per heavy atom. The van der Waals surface area contributed by atoms with E-state index >= 15 is 0 Å². The Morgan fingerprint density at radius 2 is 2.00 bits per heavy atom. The molecule has 0 atom stereocenters. The Kier molecular flexibility index (Phi) is 9.64. The van der Waals surface area contributed by atoms with Crippen molar-refractivity contribution in [2.45, 2.75) is 58.4 Å². The molecule has 1 aromatic heterocycles. The second kappa shape index (κ2) is 11.3. The van der Waals surface area contributed by atoms with Gasteiger partial charge in [-0.3, -0.25) is 4.79 Å². The predicted octanol–water partition coefficient (Wildman–Crippen LogP) is 3.75. The van der Waals surface area contributed by atoms with E-state index in [1.165, 1.54) is 25.0 Å². The SMILES string of the molecule is CCCCCCCC(=O)N(CCCOC)Cc1cccn1C. The van der Waals surface area contributed by atoms with Gasteiger partial charge in [0.15, 0.2) is 0 Å². The molecule has 0 unspecified atom stereocenters. The van der Waals surface area contributed by atoms with Gasteiger partial charge in [0.25, 0.3) is 0 Å². The molecule has 0 saturated heterocycles. The summed E-state index contributed by atoms with van der Waals surface area (Å²) in [5.41, 5.74) is 1.18. The summed E-state index contributed by atoms with van der Waals surface area (Å²) in [6.45, 7) is 4.38. The van der Waals surface area contributed by atoms with Crippen molar-refractivity contribution in [3.63, 3.8) is 0 Å². The monoisotopic (exact) mass is 308 g/mol. The summed E-state index contributed by atoms with van der Waals surface area (Å²) in [6, 6.07) is 4.11. The fourth-order valence-electron chi connectivity index (χ4n) is 2.59. The first-order valence-corrected chi connectivity index (χ1v) is 8.56. The van der Waals surface area contributed by atoms with Gasteiger partial charge in [0, 0.05) is 45.6 Å². The van der Waals surface area contributed by atoms with E-state index in [-0.39, 0.29) is 5.91 Å². The summed E-state index contributed by atoms with van der Waals surface area (Å²) in [5, 5.41) is 0. The maximum atomic E-state index is 12.5. The highest BCUT2D eigenvalue weighted by molar-refractivity contribution is 5.76. The van der Waals surface area contributed by atoms with Gasteiger partial charge < -0.3 is 14.2 Å². The van der Waals surface area contributed by atoms with Gasteiger partial charge in [-0.15, -0.1) is 0 Å². The Hall–Kier alpha value is -1.29. The van der Waals surface area contributed by atoms with Crippen LogP contribution in [0.4, 0.5) is 0 Å². The van der Waals surface area contributed by atoms with E-state index in [0.717, 1.165) is 25.8 Å². The molecule has 0 saturated carbocycles. The van der Waals surface area contributed by atoms with Crippen molar-refractivity contribution in [2.24, 2.45) is 7.05 Å². The van der Waals surface area contributed by atoms with Crippen LogP contribution in [-0.2, 0) is 23.1 Å². The van der Waals surface area contributed by atoms with Gasteiger partial charge in [0.1, 0.15) is 0 Å². The van der Waals surface area contributed by atoms with E-state index in [1.54, 1.807) is 7.11 Å². The second-order valence-electron chi connectivity index (χ2n) is 5.94. The van der Waals surface area contributed by atoms with Crippen LogP contribution in [0.3, 0.4) is 0 Å². The first-order valence-electron chi connectivity index (χ1n) is 8.56. The molecule has 126 valence electrons. The van der Waals surface area contributed by atoms with Gasteiger partial charge in [-0.25, -0.2) is 0 Å². The number of hydrogen-bond acceptors (Lipinski definition) is 2. The van der Waals surface area contributed by atoms with Gasteiger partial charge >= 0.3 is 0 Å². The summed E-state index contributed by atoms with van der Waals surface area (Å²) in [4.78, 5) is 14.5. The number of carbonyl (C=O) groups excluding carboxylic acids is 1. The van der Waals surface area contributed by atoms with E-state index in [9.17, 15) is 4.79 Å². The van der Waals surface area contributed by atoms with Crippen LogP contribution in [0.2, 0.25) is 0 Å². The lowest BCUT2D eigenvalue weighted by Gasteiger charge is -2.23. The predicted molar refractivity (Wildman–Crippen MR) is 90.7 cm³/mol. The summed E-state index contributed by atoms with van der Waals surface area (Å²) in [6.07, 6.45) is 9.51. The third-order valence-electron chi connectivity index (χ3n) is 4.03. The number of hydrogen-bond donors (Lipinski definition) is 0. The Bertz CT molecular complexity index is 415. The van der Waals surface area contributed by atoms with Gasteiger partial charge in [-0.1, -0.05) is 32.6 Å². The smallest absolute Gasteiger partial charge is 0.222 e. The van der Waals surface area contributed by atoms with Crippen molar-refractivity contribution in [1.29, 1.82) is 0 Å². The number of ether oxygens (including phenoxy) is 1. The molecular weight excluding hydrogens is 276 g/mol. The number of nitrogens with zero attached hydrogens (tertiary/aromatic N) is 2. The molecule has 0 fully saturated rings. The number of aryl methyl sites for hydroxylation is 1. The first kappa shape index (κ1) is 18.8. The van der Waals surface area contributed by atoms with Crippen LogP contribution in [0.15, 0.2) is 18.3 Å². The average Bonchev–Trinajstić information content (AvgIpc) is 2.91. The van der Waals surface area contributed by atoms with E-state index in [0.29, 0.717) is 19.6 Å². The minimum absolute atomic E-state index is 0.272. The van der Waals surface area contributed by atoms with Gasteiger partial charge in [-0.05, 0) is 25.0 Å². The zero-order valence-corrected chi connectivity index (χ0v) is 14.5. The molecular formula is C18H32N2O2. The van der Waals surface area contributed by atoms with Crippen LogP contribution in [0.1, 0.15) is 57.6 Å². The molecule has 0 aliphatic rings. The van der Waals surface area contributed by atoms with Crippen LogP contribution in [-0.4, -0.2) is 35.6 Å². The molecule has 1 aromatic rings. The molecule has 0 N–H and O–H groups in total. The molecule has 0 spiro atoms. The minimum Gasteiger partial charge on any atom is -0.385 e. The van der Waals surface area contributed by atoms with Crippen molar-refractivity contribution in [3.05, 3.63) is 24.0 Å². The van der Waals surface area contributed by atoms with Crippen molar-refractivity contribution < 1.29 is 9.53 Å². The summed E-state index contributed by atoms with van der Waals surface area (Å²) < 4.78 is 7.19. The molecule has 0 radical (unpaired) electrons. The molecule has 0 aliphatic carbocycles. The number of carbonyl (C=O) groups is 1. The van der Waals surface area contributed by atoms with Crippen LogP contribution >= 0.6 is 0 Å². The fourth-order valence-corrected chi connectivity index (χ4v) is 2.59. The molecule has 0 aromatic carbocycles. The number of unbranched alkanes of at least 4 members (excludes halogenated alkanes) is 4. The number of amides is 1. The molecule has 22 heavy (non-hydrogen) atoms. The van der Waals surface area contributed by atoms with Crippen molar-refractivity contribution in [1.82, 2.24) is 9.47 Å². The first-order chi connectivity index (χ1) is 10.7. The third-order valence-corrected chi connectivity index (χ3v) is 4.03. The molecule has 1 rings (SSSR count). The lowest BCUT2D eigenvalue weighted by atomic mass is 10.1. The second-order valence-corrected chi connectivity index (χ2v) is 5.94. The number of aromatic nitrogens is 1. The quantitative estimate of drug-likeness (QED) is 0.551. The lowest BCUT2D eigenvalue weighted by Crippen LogP contribution is -2.32. The van der Waals surface area contributed by atoms with Crippen LogP contribution in [0, 0.1) is 0 Å². The van der Waals surface area contributed by atoms with Crippen molar-refractivity contribution in [3.8, 4) is 0 Å². The summed E-state index contributed by atoms with van der Waals surface area (Å²) >= 11 is 0. The maximum Gasteiger partial charge on any atom is 0.222 e. The fraction of sp³-hybridized carbons (Fsp3) is 0.722. The van der Waals surface area contributed by atoms with E-state index in [2.05, 4.69) is 17.6 Å². The van der Waals surface area contributed by atoms with Crippen LogP contribution in [0.5, 0.6) is 0 Å². The minimum atomic E-state index is 0.272. The van der Waals surface area contributed by atoms with Crippen LogP contribution < -0.4 is 0 Å². The maximum absolute atomic E-state index is 12.5. The van der Waals surface area contributed by atoms with E-state index < -0.39 is 0 Å². The van der Waals surface area contributed by atoms with E-state index in [1.807, 2.05) is 24.2 Å². The molecule has 0 bridgehead atoms. The van der Waals surface area contributed by atoms with Crippen molar-refractivity contribution in [2.75, 3.05) is 20.3 Å². The Balaban J connectivity index is 2.45. The molecule has 1 heterocycles. The topological polar surface area (TPSA) is 34.5 Å². The van der Waals surface area contributed by atoms with Gasteiger partial charge in [0.05, 0.1) is 6.54 Å². The van der Waals surface area contributed by atoms with Crippen molar-refractivity contribution >= 4 is 5.91 Å². The molecule has 1 amide bonds. The average molecular weight is 308 g/mol. The highest BCUT2D eigenvalue weighted by Gasteiger charge is 2.14. The van der Waals surface area contributed by atoms with Gasteiger partial charge in [-0.2, -0.15) is 0 Å². The zero-order chi connectivity index (χ0) is 16.2. The summed E-state index contributed by atoms with van der Waals surface area (Å²) in [7, 11) is 3.73. The van der Waals surface area contributed by atoms with Gasteiger partial charge in [0.2, 0.25) is 5.91 Å². The molecule has 0 aliphatic heterocycles.